The lowest BCUT2D eigenvalue weighted by molar-refractivity contribution is -0.870. The van der Waals surface area contributed by atoms with Crippen LogP contribution in [0, 0.1) is 0 Å². The minimum atomic E-state index is -4.46. The maximum Gasteiger partial charge on any atom is 0.472 e. The molecule has 9 nitrogen and oxygen atoms in total. The van der Waals surface area contributed by atoms with Crippen molar-refractivity contribution in [3.63, 3.8) is 0 Å². The summed E-state index contributed by atoms with van der Waals surface area (Å²) in [7, 11) is 1.47. The van der Waals surface area contributed by atoms with Gasteiger partial charge >= 0.3 is 13.8 Å². The Bertz CT molecular complexity index is 1720. The van der Waals surface area contributed by atoms with E-state index in [1.807, 2.05) is 33.3 Å². The Kier molecular flexibility index (Phi) is 58.7. The number of phosphoric ester groups is 1. The number of rotatable bonds is 61. The van der Waals surface area contributed by atoms with Gasteiger partial charge in [-0.15, -0.1) is 0 Å². The zero-order valence-corrected chi connectivity index (χ0v) is 55.1. The molecular weight excluding hydrogens is 1040 g/mol. The molecule has 3 unspecified atom stereocenters. The van der Waals surface area contributed by atoms with Crippen molar-refractivity contribution in [1.29, 1.82) is 0 Å². The molecule has 0 aliphatic carbocycles. The molecule has 10 heteroatoms. The number of likely N-dealkylation sites (N-methyl/N-ethyl adjacent to an activating group) is 1. The molecule has 474 valence electrons. The van der Waals surface area contributed by atoms with Crippen LogP contribution >= 0.6 is 7.82 Å². The molecule has 0 bridgehead atoms. The van der Waals surface area contributed by atoms with Gasteiger partial charge < -0.3 is 19.4 Å². The Morgan fingerprint density at radius 2 is 0.744 bits per heavy atom. The first-order chi connectivity index (χ1) is 39.9. The summed E-state index contributed by atoms with van der Waals surface area (Å²) >= 11 is 0. The van der Waals surface area contributed by atoms with Gasteiger partial charge in [0.05, 0.1) is 33.8 Å². The van der Waals surface area contributed by atoms with Gasteiger partial charge in [-0.3, -0.25) is 18.6 Å². The molecule has 0 heterocycles. The van der Waals surface area contributed by atoms with Crippen LogP contribution in [0.15, 0.2) is 97.2 Å². The Balaban J connectivity index is 5.12. The normalized spacial score (nSPS) is 14.2. The summed E-state index contributed by atoms with van der Waals surface area (Å²) in [4.78, 5) is 37.8. The van der Waals surface area contributed by atoms with E-state index in [1.165, 1.54) is 161 Å². The highest BCUT2D eigenvalue weighted by Crippen LogP contribution is 2.43. The fraction of sp³-hybridized carbons (Fsp3) is 0.750. The van der Waals surface area contributed by atoms with Crippen LogP contribution in [0.1, 0.15) is 297 Å². The van der Waals surface area contributed by atoms with E-state index in [0.717, 1.165) is 103 Å². The van der Waals surface area contributed by atoms with Crippen molar-refractivity contribution in [2.24, 2.45) is 0 Å². The van der Waals surface area contributed by atoms with Crippen LogP contribution in [0.25, 0.3) is 0 Å². The second kappa shape index (κ2) is 61.0. The number of carbonyl (C=O) groups excluding carboxylic acids is 2. The van der Waals surface area contributed by atoms with Crippen molar-refractivity contribution in [2.75, 3.05) is 40.9 Å². The number of allylic oxidation sites excluding steroid dienone is 15. The van der Waals surface area contributed by atoms with Crippen molar-refractivity contribution < 1.29 is 37.3 Å². The molecule has 0 saturated heterocycles. The van der Waals surface area contributed by atoms with Crippen LogP contribution in [0.2, 0.25) is 0 Å². The highest BCUT2D eigenvalue weighted by Gasteiger charge is 2.30. The number of carbonyl (C=O) groups is 2. The number of nitrogens with zero attached hydrogens (tertiary/aromatic N) is 1. The Hall–Kier alpha value is -3.07. The molecule has 2 N–H and O–H groups in total. The second-order valence-corrected chi connectivity index (χ2v) is 25.4. The number of phosphoric acid groups is 1. The maximum absolute atomic E-state index is 13.6. The van der Waals surface area contributed by atoms with Gasteiger partial charge in [0.1, 0.15) is 19.3 Å². The average Bonchev–Trinajstić information content (AvgIpc) is 3.44. The number of ether oxygens (including phenoxy) is 1. The molecule has 0 rings (SSSR count). The molecule has 0 radical (unpaired) electrons. The second-order valence-electron chi connectivity index (χ2n) is 24.0. The minimum Gasteiger partial charge on any atom is -0.456 e. The number of esters is 1. The van der Waals surface area contributed by atoms with E-state index in [2.05, 4.69) is 111 Å². The standard InChI is InChI=1S/C72H129N2O7P/c1-7-10-13-16-19-22-25-28-30-32-33-34-35-36-37-38-39-40-41-43-45-47-50-53-56-59-62-65-72(76)81-70(63-60-57-54-51-48-27-24-21-18-15-12-9-3)69(68-80-82(77,78)79-67-66-74(4,5)6)73-71(75)64-61-58-55-52-49-46-44-42-31-29-26-23-20-17-14-11-8-2/h19-20,22-23,28-31,33-34,36-37,44,46,60,63,69-70H,7-18,21,24-27,32,35,38-43,45,47-59,61-62,64-68H2,1-6H3,(H-,73,75,77,78)/p+1/b22-19-,23-20-,30-28-,31-29-,34-33-,37-36-,46-44-,63-60-. The molecule has 0 aliphatic heterocycles. The van der Waals surface area contributed by atoms with Crippen molar-refractivity contribution >= 4 is 19.7 Å². The van der Waals surface area contributed by atoms with Gasteiger partial charge in [0, 0.05) is 12.8 Å². The number of quaternary nitrogens is 1. The molecule has 82 heavy (non-hydrogen) atoms. The van der Waals surface area contributed by atoms with Crippen LogP contribution in [-0.4, -0.2) is 74.3 Å². The predicted octanol–water partition coefficient (Wildman–Crippen LogP) is 21.5. The van der Waals surface area contributed by atoms with Gasteiger partial charge in [0.25, 0.3) is 0 Å². The van der Waals surface area contributed by atoms with E-state index in [0.29, 0.717) is 17.4 Å². The quantitative estimate of drug-likeness (QED) is 0.0205. The third-order valence-electron chi connectivity index (χ3n) is 14.7. The smallest absolute Gasteiger partial charge is 0.456 e. The number of nitrogens with one attached hydrogen (secondary N) is 1. The summed E-state index contributed by atoms with van der Waals surface area (Å²) in [5.74, 6) is -0.533. The molecule has 0 aromatic heterocycles. The molecule has 3 atom stereocenters. The zero-order valence-electron chi connectivity index (χ0n) is 54.2. The Morgan fingerprint density at radius 1 is 0.427 bits per heavy atom. The predicted molar refractivity (Wildman–Crippen MR) is 355 cm³/mol. The monoisotopic (exact) mass is 1170 g/mol. The average molecular weight is 1170 g/mol. The van der Waals surface area contributed by atoms with Crippen molar-refractivity contribution in [3.05, 3.63) is 97.2 Å². The molecular formula is C72H130N2O7P+. The fourth-order valence-corrected chi connectivity index (χ4v) is 10.2. The number of amides is 1. The van der Waals surface area contributed by atoms with Crippen LogP contribution < -0.4 is 5.32 Å². The third kappa shape index (κ3) is 61.5. The van der Waals surface area contributed by atoms with E-state index in [-0.39, 0.29) is 31.5 Å². The number of hydrogen-bond donors (Lipinski definition) is 2. The summed E-state index contributed by atoms with van der Waals surface area (Å²) in [6.07, 6.45) is 82.7. The summed E-state index contributed by atoms with van der Waals surface area (Å²) < 4.78 is 30.8. The topological polar surface area (TPSA) is 111 Å². The molecule has 0 saturated carbocycles. The van der Waals surface area contributed by atoms with Gasteiger partial charge in [-0.1, -0.05) is 266 Å². The molecule has 0 aromatic carbocycles. The van der Waals surface area contributed by atoms with E-state index in [1.54, 1.807) is 0 Å². The van der Waals surface area contributed by atoms with Gasteiger partial charge in [-0.2, -0.15) is 0 Å². The highest BCUT2D eigenvalue weighted by molar-refractivity contribution is 7.47. The first kappa shape index (κ1) is 78.9. The van der Waals surface area contributed by atoms with Crippen LogP contribution in [0.3, 0.4) is 0 Å². The van der Waals surface area contributed by atoms with Crippen molar-refractivity contribution in [1.82, 2.24) is 5.32 Å². The zero-order chi connectivity index (χ0) is 60.0. The maximum atomic E-state index is 13.6. The molecule has 0 fully saturated rings. The van der Waals surface area contributed by atoms with E-state index < -0.39 is 20.0 Å². The van der Waals surface area contributed by atoms with Gasteiger partial charge in [-0.25, -0.2) is 4.57 Å². The lowest BCUT2D eigenvalue weighted by atomic mass is 10.0. The molecule has 0 aliphatic rings. The first-order valence-corrected chi connectivity index (χ1v) is 35.6. The van der Waals surface area contributed by atoms with Crippen molar-refractivity contribution in [2.45, 2.75) is 309 Å². The van der Waals surface area contributed by atoms with Crippen LogP contribution in [0.5, 0.6) is 0 Å². The van der Waals surface area contributed by atoms with Crippen molar-refractivity contribution in [3.8, 4) is 0 Å². The SMILES string of the molecule is CCCCC/C=C\C/C=C\C/C=C\C/C=C\CCCCCCCCCCCCCC(=O)OC(/C=C\CCCCCCCCCCCC)C(COP(=O)(O)OCC[N+](C)(C)C)NC(=O)CCCCCC/C=C\C/C=C\C/C=C\CCCCC. The highest BCUT2D eigenvalue weighted by atomic mass is 31.2. The minimum absolute atomic E-state index is 0.0315. The molecule has 0 aromatic rings. The Labute approximate surface area is 507 Å². The van der Waals surface area contributed by atoms with Crippen LogP contribution in [-0.2, 0) is 27.9 Å². The fourth-order valence-electron chi connectivity index (χ4n) is 9.46. The summed E-state index contributed by atoms with van der Waals surface area (Å²) in [5.41, 5.74) is 0. The van der Waals surface area contributed by atoms with E-state index in [9.17, 15) is 19.0 Å². The summed E-state index contributed by atoms with van der Waals surface area (Å²) in [6, 6.07) is -0.867. The number of hydrogen-bond acceptors (Lipinski definition) is 6. The van der Waals surface area contributed by atoms with Gasteiger partial charge in [-0.05, 0) is 115 Å². The third-order valence-corrected chi connectivity index (χ3v) is 15.7. The molecule has 0 spiro atoms. The Morgan fingerprint density at radius 3 is 1.13 bits per heavy atom. The van der Waals surface area contributed by atoms with E-state index in [4.69, 9.17) is 13.8 Å². The molecule has 1 amide bonds. The van der Waals surface area contributed by atoms with Gasteiger partial charge in [0.15, 0.2) is 0 Å². The lowest BCUT2D eigenvalue weighted by Crippen LogP contribution is -2.47. The summed E-state index contributed by atoms with van der Waals surface area (Å²) in [5, 5.41) is 3.05. The number of unbranched alkanes of at least 4 members (excludes halogenated alkanes) is 31. The lowest BCUT2D eigenvalue weighted by Gasteiger charge is -2.27. The largest absolute Gasteiger partial charge is 0.472 e. The summed E-state index contributed by atoms with van der Waals surface area (Å²) in [6.45, 7) is 6.94. The van der Waals surface area contributed by atoms with Crippen LogP contribution in [0.4, 0.5) is 0 Å². The first-order valence-electron chi connectivity index (χ1n) is 34.1. The van der Waals surface area contributed by atoms with E-state index >= 15 is 0 Å². The van der Waals surface area contributed by atoms with Gasteiger partial charge in [0.2, 0.25) is 5.91 Å².